The number of ether oxygens (including phenoxy) is 4. The Bertz CT molecular complexity index is 2790. The molecule has 4 aliphatic heterocycles. The third-order valence-electron chi connectivity index (χ3n) is 16.9. The highest BCUT2D eigenvalue weighted by molar-refractivity contribution is 6.35. The van der Waals surface area contributed by atoms with Crippen molar-refractivity contribution in [2.24, 2.45) is 0 Å². The zero-order valence-corrected chi connectivity index (χ0v) is 50.2. The average molecular weight is 1140 g/mol. The van der Waals surface area contributed by atoms with Gasteiger partial charge in [-0.15, -0.1) is 0 Å². The van der Waals surface area contributed by atoms with E-state index in [0.29, 0.717) is 124 Å². The molecule has 4 N–H and O–H groups in total. The Labute approximate surface area is 496 Å². The SMILES string of the molecule is CN(C)c1ccc(C2OCCN2CCNc2ccc(NCCN3CCOC3c3ccc(N(C)C)cc3)c3c2C(=O)c2c(NCCN4CCOC4c4ccc(N(C)C)cc4)ccc(NCCN4CCOC4c4ccc(N(C)C)cc4)c2C3=O)cc1. The third-order valence-corrected chi connectivity index (χ3v) is 16.9. The van der Waals surface area contributed by atoms with Crippen LogP contribution in [0.5, 0.6) is 0 Å². The molecular weight excluding hydrogens is 1060 g/mol. The van der Waals surface area contributed by atoms with Crippen molar-refractivity contribution in [2.45, 2.75) is 24.9 Å². The molecule has 1 aliphatic carbocycles. The molecule has 6 aromatic carbocycles. The number of fused-ring (bicyclic) bond motifs is 2. The zero-order chi connectivity index (χ0) is 58.4. The highest BCUT2D eigenvalue weighted by atomic mass is 16.5. The zero-order valence-electron chi connectivity index (χ0n) is 50.2. The van der Waals surface area contributed by atoms with Gasteiger partial charge < -0.3 is 59.8 Å². The van der Waals surface area contributed by atoms with Crippen molar-refractivity contribution >= 4 is 57.1 Å². The van der Waals surface area contributed by atoms with Crippen LogP contribution in [0.15, 0.2) is 121 Å². The molecule has 0 radical (unpaired) electrons. The number of hydrogen-bond acceptors (Lipinski definition) is 18. The molecule has 84 heavy (non-hydrogen) atoms. The Hall–Kier alpha value is -7.26. The largest absolute Gasteiger partial charge is 0.383 e. The van der Waals surface area contributed by atoms with E-state index in [1.165, 1.54) is 0 Å². The molecule has 11 rings (SSSR count). The summed E-state index contributed by atoms with van der Waals surface area (Å²) in [7, 11) is 16.3. The molecule has 4 saturated heterocycles. The fourth-order valence-electron chi connectivity index (χ4n) is 12.2. The summed E-state index contributed by atoms with van der Waals surface area (Å²) in [5.41, 5.74) is 12.8. The van der Waals surface area contributed by atoms with Gasteiger partial charge in [0.1, 0.15) is 24.9 Å². The number of nitrogens with one attached hydrogen (secondary N) is 4. The molecule has 4 heterocycles. The molecule has 4 atom stereocenters. The molecule has 4 unspecified atom stereocenters. The van der Waals surface area contributed by atoms with Gasteiger partial charge >= 0.3 is 0 Å². The molecule has 0 saturated carbocycles. The molecule has 0 bridgehead atoms. The number of hydrogen-bond donors (Lipinski definition) is 4. The lowest BCUT2D eigenvalue weighted by atomic mass is 9.80. The maximum atomic E-state index is 15.9. The second-order valence-corrected chi connectivity index (χ2v) is 23.2. The molecule has 6 aromatic rings. The van der Waals surface area contributed by atoms with Crippen molar-refractivity contribution in [2.75, 3.05) is 202 Å². The molecular formula is C66H84N12O6. The maximum absolute atomic E-state index is 15.9. The number of carbonyl (C=O) groups is 2. The molecule has 5 aliphatic rings. The van der Waals surface area contributed by atoms with Crippen LogP contribution in [-0.2, 0) is 18.9 Å². The van der Waals surface area contributed by atoms with Gasteiger partial charge in [0.25, 0.3) is 0 Å². The maximum Gasteiger partial charge on any atom is 0.198 e. The van der Waals surface area contributed by atoms with Crippen molar-refractivity contribution in [3.63, 3.8) is 0 Å². The highest BCUT2D eigenvalue weighted by Crippen LogP contribution is 2.43. The summed E-state index contributed by atoms with van der Waals surface area (Å²) in [6, 6.07) is 41.9. The number of anilines is 8. The van der Waals surface area contributed by atoms with E-state index in [1.54, 1.807) is 0 Å². The van der Waals surface area contributed by atoms with E-state index < -0.39 is 0 Å². The summed E-state index contributed by atoms with van der Waals surface area (Å²) in [6.07, 6.45) is -0.775. The van der Waals surface area contributed by atoms with Gasteiger partial charge in [-0.05, 0) is 95.1 Å². The summed E-state index contributed by atoms with van der Waals surface area (Å²) in [4.78, 5) is 49.5. The van der Waals surface area contributed by atoms with E-state index in [0.717, 1.165) is 71.2 Å². The Morgan fingerprint density at radius 1 is 0.333 bits per heavy atom. The summed E-state index contributed by atoms with van der Waals surface area (Å²) >= 11 is 0. The first kappa shape index (κ1) is 58.5. The average Bonchev–Trinajstić information content (AvgIpc) is 2.94. The van der Waals surface area contributed by atoms with Crippen molar-refractivity contribution in [1.29, 1.82) is 0 Å². The van der Waals surface area contributed by atoms with Gasteiger partial charge in [0.05, 0.1) is 48.7 Å². The van der Waals surface area contributed by atoms with Crippen LogP contribution in [0.2, 0.25) is 0 Å². The van der Waals surface area contributed by atoms with Crippen LogP contribution in [0, 0.1) is 0 Å². The van der Waals surface area contributed by atoms with Crippen molar-refractivity contribution in [3.8, 4) is 0 Å². The number of nitrogens with zero attached hydrogens (tertiary/aromatic N) is 8. The highest BCUT2D eigenvalue weighted by Gasteiger charge is 2.39. The quantitative estimate of drug-likeness (QED) is 0.0459. The smallest absolute Gasteiger partial charge is 0.198 e. The van der Waals surface area contributed by atoms with Crippen LogP contribution in [0.3, 0.4) is 0 Å². The van der Waals surface area contributed by atoms with Gasteiger partial charge in [0, 0.05) is 180 Å². The normalized spacial score (nSPS) is 20.0. The minimum atomic E-state index is -0.216. The molecule has 444 valence electrons. The Kier molecular flexibility index (Phi) is 18.3. The van der Waals surface area contributed by atoms with Gasteiger partial charge in [-0.2, -0.15) is 0 Å². The van der Waals surface area contributed by atoms with Crippen LogP contribution in [0.1, 0.15) is 79.0 Å². The predicted octanol–water partition coefficient (Wildman–Crippen LogP) is 8.50. The van der Waals surface area contributed by atoms with E-state index in [2.05, 4.69) is 158 Å². The van der Waals surface area contributed by atoms with Crippen molar-refractivity contribution in [1.82, 2.24) is 19.6 Å². The second kappa shape index (κ2) is 26.3. The van der Waals surface area contributed by atoms with Crippen LogP contribution in [-0.4, -0.2) is 193 Å². The first-order valence-corrected chi connectivity index (χ1v) is 29.7. The molecule has 0 aromatic heterocycles. The van der Waals surface area contributed by atoms with Gasteiger partial charge in [-0.3, -0.25) is 29.2 Å². The number of carbonyl (C=O) groups excluding carboxylic acids is 2. The second-order valence-electron chi connectivity index (χ2n) is 23.2. The van der Waals surface area contributed by atoms with E-state index in [9.17, 15) is 0 Å². The standard InChI is InChI=1S/C66H84N12O6/c1-71(2)49-17-9-45(10-18-49)63-75(37-41-81-63)33-29-67-53-25-26-54(68-30-34-76-38-42-82-64(76)46-11-19-50(20-12-46)72(3)4)58-57(53)61(79)59-55(69-31-35-77-39-43-83-65(77)47-13-21-51(22-14-47)73(5)6)27-28-56(60(59)62(58)80)70-32-36-78-40-44-84-66(78)48-15-23-52(24-16-48)74(7)8/h9-28,63-70H,29-44H2,1-8H3. The fraction of sp³-hybridized carbons (Fsp3) is 0.424. The van der Waals surface area contributed by atoms with Gasteiger partial charge in [-0.25, -0.2) is 0 Å². The van der Waals surface area contributed by atoms with E-state index in [4.69, 9.17) is 18.9 Å². The first-order chi connectivity index (χ1) is 40.8. The van der Waals surface area contributed by atoms with E-state index in [-0.39, 0.29) is 36.5 Å². The molecule has 18 heteroatoms. The van der Waals surface area contributed by atoms with E-state index >= 15 is 9.59 Å². The third kappa shape index (κ3) is 12.7. The van der Waals surface area contributed by atoms with Gasteiger partial charge in [0.2, 0.25) is 0 Å². The number of rotatable bonds is 24. The Balaban J connectivity index is 0.885. The fourth-order valence-corrected chi connectivity index (χ4v) is 12.2. The van der Waals surface area contributed by atoms with Crippen molar-refractivity contribution < 1.29 is 28.5 Å². The minimum Gasteiger partial charge on any atom is -0.383 e. The van der Waals surface area contributed by atoms with Crippen LogP contribution >= 0.6 is 0 Å². The summed E-state index contributed by atoms with van der Waals surface area (Å²) in [5, 5.41) is 14.7. The summed E-state index contributed by atoms with van der Waals surface area (Å²) < 4.78 is 25.2. The van der Waals surface area contributed by atoms with Crippen LogP contribution in [0.25, 0.3) is 0 Å². The lowest BCUT2D eigenvalue weighted by molar-refractivity contribution is 0.0346. The molecule has 0 amide bonds. The predicted molar refractivity (Wildman–Crippen MR) is 338 cm³/mol. The minimum absolute atomic E-state index is 0.194. The topological polar surface area (TPSA) is 145 Å². The molecule has 0 spiro atoms. The number of ketones is 2. The monoisotopic (exact) mass is 1140 g/mol. The van der Waals surface area contributed by atoms with Crippen LogP contribution < -0.4 is 40.9 Å². The molecule has 4 fully saturated rings. The van der Waals surface area contributed by atoms with Crippen LogP contribution in [0.4, 0.5) is 45.5 Å². The first-order valence-electron chi connectivity index (χ1n) is 29.7. The summed E-state index contributed by atoms with van der Waals surface area (Å²) in [6.45, 7) is 10.2. The Morgan fingerprint density at radius 3 is 0.726 bits per heavy atom. The van der Waals surface area contributed by atoms with Gasteiger partial charge in [0.15, 0.2) is 11.6 Å². The number of benzene rings is 6. The van der Waals surface area contributed by atoms with E-state index in [1.807, 2.05) is 80.6 Å². The lowest BCUT2D eigenvalue weighted by Gasteiger charge is -2.29. The van der Waals surface area contributed by atoms with Gasteiger partial charge in [-0.1, -0.05) is 48.5 Å². The lowest BCUT2D eigenvalue weighted by Crippen LogP contribution is -2.33. The molecule has 18 nitrogen and oxygen atoms in total. The summed E-state index contributed by atoms with van der Waals surface area (Å²) in [5.74, 6) is -0.432. The van der Waals surface area contributed by atoms with Crippen molar-refractivity contribution in [3.05, 3.63) is 166 Å². The Morgan fingerprint density at radius 2 is 0.536 bits per heavy atom.